The van der Waals surface area contributed by atoms with Crippen molar-refractivity contribution in [1.29, 1.82) is 0 Å². The lowest BCUT2D eigenvalue weighted by Crippen LogP contribution is -1.95. The normalized spacial score (nSPS) is 12.5. The van der Waals surface area contributed by atoms with E-state index in [-0.39, 0.29) is 33.9 Å². The minimum Gasteiger partial charge on any atom is -0.507 e. The van der Waals surface area contributed by atoms with Gasteiger partial charge in [-0.25, -0.2) is 0 Å². The molecule has 0 amide bonds. The molecule has 4 aromatic rings. The first kappa shape index (κ1) is 17.0. The molecule has 1 atom stereocenters. The number of fused-ring (bicyclic) bond motifs is 2. The van der Waals surface area contributed by atoms with Gasteiger partial charge in [0.25, 0.3) is 0 Å². The second kappa shape index (κ2) is 6.07. The maximum atomic E-state index is 10.6. The monoisotopic (exact) mass is 362 g/mol. The summed E-state index contributed by atoms with van der Waals surface area (Å²) in [5.41, 5.74) is 1.63. The average Bonchev–Trinajstić information content (AvgIpc) is 2.62. The third-order valence-corrected chi connectivity index (χ3v) is 4.88. The number of rotatable bonds is 2. The highest BCUT2D eigenvalue weighted by molar-refractivity contribution is 6.11. The number of aliphatic hydroxyl groups excluding tert-OH is 1. The van der Waals surface area contributed by atoms with Crippen LogP contribution in [0.3, 0.4) is 0 Å². The molecular weight excluding hydrogens is 344 g/mol. The first-order valence-electron chi connectivity index (χ1n) is 8.49. The van der Waals surface area contributed by atoms with Crippen LogP contribution in [0.25, 0.3) is 32.7 Å². The highest BCUT2D eigenvalue weighted by atomic mass is 16.3. The van der Waals surface area contributed by atoms with Crippen LogP contribution in [0.5, 0.6) is 23.0 Å². The van der Waals surface area contributed by atoms with E-state index in [2.05, 4.69) is 0 Å². The molecule has 5 N–H and O–H groups in total. The number of phenols is 4. The molecule has 0 aliphatic heterocycles. The third kappa shape index (κ3) is 2.52. The SMILES string of the molecule is CC(O)c1cc(-c2ccc(O)c3c(O)cccc23)c2cccc(O)c2c1O. The Bertz CT molecular complexity index is 1190. The van der Waals surface area contributed by atoms with Crippen molar-refractivity contribution in [2.75, 3.05) is 0 Å². The van der Waals surface area contributed by atoms with Gasteiger partial charge in [0.05, 0.1) is 16.9 Å². The van der Waals surface area contributed by atoms with E-state index < -0.39 is 6.10 Å². The minimum atomic E-state index is -0.954. The van der Waals surface area contributed by atoms with Gasteiger partial charge in [-0.15, -0.1) is 0 Å². The summed E-state index contributed by atoms with van der Waals surface area (Å²) in [7, 11) is 0. The van der Waals surface area contributed by atoms with Gasteiger partial charge in [-0.1, -0.05) is 30.3 Å². The van der Waals surface area contributed by atoms with Crippen molar-refractivity contribution in [2.45, 2.75) is 13.0 Å². The van der Waals surface area contributed by atoms with Crippen LogP contribution < -0.4 is 0 Å². The van der Waals surface area contributed by atoms with Crippen LogP contribution in [-0.2, 0) is 0 Å². The Morgan fingerprint density at radius 1 is 0.667 bits per heavy atom. The van der Waals surface area contributed by atoms with Crippen molar-refractivity contribution in [3.8, 4) is 34.1 Å². The fourth-order valence-corrected chi connectivity index (χ4v) is 3.60. The van der Waals surface area contributed by atoms with Gasteiger partial charge in [-0.05, 0) is 53.1 Å². The minimum absolute atomic E-state index is 0.0477. The second-order valence-corrected chi connectivity index (χ2v) is 6.57. The first-order chi connectivity index (χ1) is 12.9. The highest BCUT2D eigenvalue weighted by Crippen LogP contribution is 2.46. The van der Waals surface area contributed by atoms with Gasteiger partial charge in [0, 0.05) is 5.56 Å². The maximum Gasteiger partial charge on any atom is 0.132 e. The van der Waals surface area contributed by atoms with Crippen molar-refractivity contribution in [2.24, 2.45) is 0 Å². The van der Waals surface area contributed by atoms with E-state index >= 15 is 0 Å². The predicted molar refractivity (Wildman–Crippen MR) is 104 cm³/mol. The molecule has 1 unspecified atom stereocenters. The molecule has 5 heteroatoms. The standard InChI is InChI=1S/C22H18O5/c1-11(23)15-10-16(14-5-3-7-18(25)21(14)22(15)27)12-8-9-19(26)20-13(12)4-2-6-17(20)24/h2-11,23-27H,1H3. The summed E-state index contributed by atoms with van der Waals surface area (Å²) in [6, 6.07) is 14.7. The van der Waals surface area contributed by atoms with Crippen LogP contribution >= 0.6 is 0 Å². The van der Waals surface area contributed by atoms with Gasteiger partial charge < -0.3 is 25.5 Å². The summed E-state index contributed by atoms with van der Waals surface area (Å²) in [6.07, 6.45) is -0.954. The van der Waals surface area contributed by atoms with Gasteiger partial charge in [-0.2, -0.15) is 0 Å². The fourth-order valence-electron chi connectivity index (χ4n) is 3.60. The van der Waals surface area contributed by atoms with E-state index in [1.807, 2.05) is 0 Å². The summed E-state index contributed by atoms with van der Waals surface area (Å²) in [5, 5.41) is 53.1. The third-order valence-electron chi connectivity index (χ3n) is 4.88. The van der Waals surface area contributed by atoms with E-state index in [4.69, 9.17) is 0 Å². The smallest absolute Gasteiger partial charge is 0.132 e. The molecule has 0 bridgehead atoms. The summed E-state index contributed by atoms with van der Waals surface area (Å²) < 4.78 is 0. The lowest BCUT2D eigenvalue weighted by molar-refractivity contribution is 0.195. The van der Waals surface area contributed by atoms with Crippen LogP contribution in [-0.4, -0.2) is 25.5 Å². The molecule has 0 aromatic heterocycles. The largest absolute Gasteiger partial charge is 0.507 e. The number of aliphatic hydroxyl groups is 1. The zero-order valence-electron chi connectivity index (χ0n) is 14.5. The molecule has 136 valence electrons. The molecule has 0 radical (unpaired) electrons. The molecule has 27 heavy (non-hydrogen) atoms. The Labute approximate surface area is 155 Å². The maximum absolute atomic E-state index is 10.6. The number of hydrogen-bond acceptors (Lipinski definition) is 5. The number of phenolic OH excluding ortho intramolecular Hbond substituents is 4. The van der Waals surface area contributed by atoms with Crippen molar-refractivity contribution in [1.82, 2.24) is 0 Å². The summed E-state index contributed by atoms with van der Waals surface area (Å²) in [6.45, 7) is 1.53. The molecular formula is C22H18O5. The first-order valence-corrected chi connectivity index (χ1v) is 8.49. The molecule has 0 saturated heterocycles. The van der Waals surface area contributed by atoms with Crippen molar-refractivity contribution < 1.29 is 25.5 Å². The zero-order valence-corrected chi connectivity index (χ0v) is 14.5. The Morgan fingerprint density at radius 2 is 1.22 bits per heavy atom. The second-order valence-electron chi connectivity index (χ2n) is 6.57. The van der Waals surface area contributed by atoms with E-state index in [0.717, 1.165) is 0 Å². The molecule has 4 aromatic carbocycles. The van der Waals surface area contributed by atoms with E-state index in [1.54, 1.807) is 36.4 Å². The van der Waals surface area contributed by atoms with Crippen molar-refractivity contribution in [3.63, 3.8) is 0 Å². The molecule has 4 rings (SSSR count). The predicted octanol–water partition coefficient (Wildman–Crippen LogP) is 4.54. The molecule has 0 saturated carbocycles. The lowest BCUT2D eigenvalue weighted by Gasteiger charge is -2.17. The molecule has 5 nitrogen and oxygen atoms in total. The topological polar surface area (TPSA) is 101 Å². The molecule has 0 heterocycles. The summed E-state index contributed by atoms with van der Waals surface area (Å²) >= 11 is 0. The van der Waals surface area contributed by atoms with Crippen LogP contribution in [0.2, 0.25) is 0 Å². The van der Waals surface area contributed by atoms with Gasteiger partial charge in [-0.3, -0.25) is 0 Å². The van der Waals surface area contributed by atoms with Crippen LogP contribution in [0.15, 0.2) is 54.6 Å². The fraction of sp³-hybridized carbons (Fsp3) is 0.0909. The Morgan fingerprint density at radius 3 is 1.85 bits per heavy atom. The zero-order chi connectivity index (χ0) is 19.3. The Hall–Kier alpha value is -3.44. The van der Waals surface area contributed by atoms with Crippen molar-refractivity contribution >= 4 is 21.5 Å². The molecule has 0 aliphatic carbocycles. The number of aromatic hydroxyl groups is 4. The van der Waals surface area contributed by atoms with E-state index in [0.29, 0.717) is 27.3 Å². The quantitative estimate of drug-likeness (QED) is 0.360. The molecule has 0 spiro atoms. The average molecular weight is 362 g/mol. The Balaban J connectivity index is 2.20. The lowest BCUT2D eigenvalue weighted by atomic mass is 9.90. The number of hydrogen-bond donors (Lipinski definition) is 5. The van der Waals surface area contributed by atoms with Gasteiger partial charge in [0.2, 0.25) is 0 Å². The molecule has 0 aliphatic rings. The van der Waals surface area contributed by atoms with Crippen LogP contribution in [0, 0.1) is 0 Å². The van der Waals surface area contributed by atoms with Gasteiger partial charge in [0.1, 0.15) is 23.0 Å². The van der Waals surface area contributed by atoms with Crippen LogP contribution in [0.4, 0.5) is 0 Å². The van der Waals surface area contributed by atoms with Crippen LogP contribution in [0.1, 0.15) is 18.6 Å². The van der Waals surface area contributed by atoms with E-state index in [9.17, 15) is 25.5 Å². The highest BCUT2D eigenvalue weighted by Gasteiger charge is 2.20. The van der Waals surface area contributed by atoms with Gasteiger partial charge >= 0.3 is 0 Å². The molecule has 0 fully saturated rings. The van der Waals surface area contributed by atoms with Crippen molar-refractivity contribution in [3.05, 3.63) is 60.2 Å². The van der Waals surface area contributed by atoms with Gasteiger partial charge in [0.15, 0.2) is 0 Å². The Kier molecular flexibility index (Phi) is 3.82. The summed E-state index contributed by atoms with van der Waals surface area (Å²) in [5.74, 6) is -0.366. The number of benzene rings is 4. The van der Waals surface area contributed by atoms with E-state index in [1.165, 1.54) is 25.1 Å². The summed E-state index contributed by atoms with van der Waals surface area (Å²) in [4.78, 5) is 0.